The number of aromatic nitrogens is 3. The lowest BCUT2D eigenvalue weighted by atomic mass is 10.2. The second kappa shape index (κ2) is 4.05. The summed E-state index contributed by atoms with van der Waals surface area (Å²) in [6.45, 7) is 3.99. The molecule has 2 aromatic heterocycles. The zero-order chi connectivity index (χ0) is 11.7. The van der Waals surface area contributed by atoms with Gasteiger partial charge in [-0.05, 0) is 13.8 Å². The van der Waals surface area contributed by atoms with Crippen molar-refractivity contribution in [2.24, 2.45) is 0 Å². The van der Waals surface area contributed by atoms with E-state index in [-0.39, 0.29) is 5.56 Å². The molecule has 2 rings (SSSR count). The van der Waals surface area contributed by atoms with E-state index in [2.05, 4.69) is 10.1 Å². The molecule has 0 saturated heterocycles. The van der Waals surface area contributed by atoms with Crippen LogP contribution in [0.4, 0.5) is 0 Å². The summed E-state index contributed by atoms with van der Waals surface area (Å²) >= 11 is 1.53. The second-order valence-electron chi connectivity index (χ2n) is 3.43. The molecule has 0 fully saturated rings. The number of aryl methyl sites for hydroxylation is 1. The molecule has 0 aromatic carbocycles. The molecule has 84 valence electrons. The molecule has 0 amide bonds. The number of carbonyl (C=O) groups is 1. The highest BCUT2D eigenvalue weighted by Crippen LogP contribution is 2.15. The van der Waals surface area contributed by atoms with Crippen LogP contribution in [-0.4, -0.2) is 25.8 Å². The Labute approximate surface area is 96.4 Å². The summed E-state index contributed by atoms with van der Waals surface area (Å²) in [6, 6.07) is 0. The molecule has 0 atom stereocenters. The number of hydrogen-bond acceptors (Lipinski definition) is 4. The van der Waals surface area contributed by atoms with Crippen LogP contribution in [0.1, 0.15) is 26.8 Å². The van der Waals surface area contributed by atoms with E-state index in [9.17, 15) is 4.79 Å². The number of rotatable bonds is 3. The first kappa shape index (κ1) is 10.8. The highest BCUT2D eigenvalue weighted by atomic mass is 32.1. The Morgan fingerprint density at radius 1 is 1.56 bits per heavy atom. The lowest BCUT2D eigenvalue weighted by Crippen LogP contribution is -2.05. The molecule has 1 N–H and O–H groups in total. The first-order chi connectivity index (χ1) is 7.59. The van der Waals surface area contributed by atoms with Crippen LogP contribution in [0.3, 0.4) is 0 Å². The molecule has 5 nitrogen and oxygen atoms in total. The fourth-order valence-corrected chi connectivity index (χ4v) is 2.22. The zero-order valence-electron chi connectivity index (χ0n) is 8.97. The van der Waals surface area contributed by atoms with Gasteiger partial charge in [0.2, 0.25) is 0 Å². The first-order valence-electron chi connectivity index (χ1n) is 4.75. The number of thiazole rings is 1. The Hall–Kier alpha value is -1.69. The highest BCUT2D eigenvalue weighted by molar-refractivity contribution is 7.09. The lowest BCUT2D eigenvalue weighted by Gasteiger charge is -2.00. The molecule has 0 aliphatic heterocycles. The molecule has 0 unspecified atom stereocenters. The molecule has 0 spiro atoms. The Morgan fingerprint density at radius 2 is 2.31 bits per heavy atom. The van der Waals surface area contributed by atoms with Gasteiger partial charge in [0, 0.05) is 11.6 Å². The smallest absolute Gasteiger partial charge is 0.339 e. The summed E-state index contributed by atoms with van der Waals surface area (Å²) in [6.07, 6.45) is 1.73. The molecule has 2 aromatic rings. The number of nitrogens with zero attached hydrogens (tertiary/aromatic N) is 3. The minimum absolute atomic E-state index is 0.288. The molecule has 6 heteroatoms. The average molecular weight is 237 g/mol. The van der Waals surface area contributed by atoms with Gasteiger partial charge in [-0.3, -0.25) is 4.68 Å². The van der Waals surface area contributed by atoms with E-state index in [1.165, 1.54) is 11.3 Å². The first-order valence-corrected chi connectivity index (χ1v) is 5.63. The summed E-state index contributed by atoms with van der Waals surface area (Å²) in [4.78, 5) is 15.1. The van der Waals surface area contributed by atoms with Crippen LogP contribution in [0.2, 0.25) is 0 Å². The molecule has 0 saturated carbocycles. The standard InChI is InChI=1S/C10H11N3O2S/c1-6-9(10(14)15)7(2)13(12-6)5-8-11-3-4-16-8/h3-4H,5H2,1-2H3,(H,14,15). The van der Waals surface area contributed by atoms with E-state index < -0.39 is 5.97 Å². The Kier molecular flexibility index (Phi) is 2.74. The Bertz CT molecular complexity index is 516. The molecule has 2 heterocycles. The average Bonchev–Trinajstić information content (AvgIpc) is 2.76. The molecular weight excluding hydrogens is 226 g/mol. The molecule has 0 radical (unpaired) electrons. The summed E-state index contributed by atoms with van der Waals surface area (Å²) < 4.78 is 1.68. The topological polar surface area (TPSA) is 68.0 Å². The van der Waals surface area contributed by atoms with Gasteiger partial charge in [0.25, 0.3) is 0 Å². The van der Waals surface area contributed by atoms with Crippen LogP contribution in [0.15, 0.2) is 11.6 Å². The van der Waals surface area contributed by atoms with Crippen LogP contribution in [0.25, 0.3) is 0 Å². The minimum atomic E-state index is -0.930. The van der Waals surface area contributed by atoms with Gasteiger partial charge in [0.05, 0.1) is 17.9 Å². The fourth-order valence-electron chi connectivity index (χ4n) is 1.62. The van der Waals surface area contributed by atoms with E-state index in [4.69, 9.17) is 5.11 Å². The summed E-state index contributed by atoms with van der Waals surface area (Å²) in [5.41, 5.74) is 1.50. The largest absolute Gasteiger partial charge is 0.478 e. The van der Waals surface area contributed by atoms with Crippen LogP contribution < -0.4 is 0 Å². The van der Waals surface area contributed by atoms with Crippen molar-refractivity contribution in [1.82, 2.24) is 14.8 Å². The quantitative estimate of drug-likeness (QED) is 0.882. The van der Waals surface area contributed by atoms with Crippen LogP contribution in [0, 0.1) is 13.8 Å². The number of aromatic carboxylic acids is 1. The SMILES string of the molecule is Cc1nn(Cc2nccs2)c(C)c1C(=O)O. The van der Waals surface area contributed by atoms with Gasteiger partial charge in [-0.2, -0.15) is 5.10 Å². The van der Waals surface area contributed by atoms with Crippen LogP contribution in [0.5, 0.6) is 0 Å². The third-order valence-electron chi connectivity index (χ3n) is 2.36. The van der Waals surface area contributed by atoms with E-state index in [0.717, 1.165) is 5.01 Å². The third kappa shape index (κ3) is 1.83. The second-order valence-corrected chi connectivity index (χ2v) is 4.41. The van der Waals surface area contributed by atoms with Crippen molar-refractivity contribution in [1.29, 1.82) is 0 Å². The number of carboxylic acid groups (broad SMARTS) is 1. The van der Waals surface area contributed by atoms with Gasteiger partial charge in [0.15, 0.2) is 0 Å². The molecule has 0 bridgehead atoms. The normalized spacial score (nSPS) is 10.6. The monoisotopic (exact) mass is 237 g/mol. The summed E-state index contributed by atoms with van der Waals surface area (Å²) in [5.74, 6) is -0.930. The predicted molar refractivity (Wildman–Crippen MR) is 59.9 cm³/mol. The van der Waals surface area contributed by atoms with Crippen LogP contribution in [-0.2, 0) is 6.54 Å². The van der Waals surface area contributed by atoms with Gasteiger partial charge < -0.3 is 5.11 Å². The number of hydrogen-bond donors (Lipinski definition) is 1. The van der Waals surface area contributed by atoms with Crippen molar-refractivity contribution in [3.05, 3.63) is 33.5 Å². The van der Waals surface area contributed by atoms with Gasteiger partial charge >= 0.3 is 5.97 Å². The maximum atomic E-state index is 11.0. The van der Waals surface area contributed by atoms with E-state index in [0.29, 0.717) is 17.9 Å². The zero-order valence-corrected chi connectivity index (χ0v) is 9.78. The minimum Gasteiger partial charge on any atom is -0.478 e. The lowest BCUT2D eigenvalue weighted by molar-refractivity contribution is 0.0695. The van der Waals surface area contributed by atoms with E-state index in [1.54, 1.807) is 24.7 Å². The van der Waals surface area contributed by atoms with Gasteiger partial charge in [-0.15, -0.1) is 11.3 Å². The van der Waals surface area contributed by atoms with Crippen molar-refractivity contribution in [3.63, 3.8) is 0 Å². The van der Waals surface area contributed by atoms with Crippen LogP contribution >= 0.6 is 11.3 Å². The molecule has 16 heavy (non-hydrogen) atoms. The van der Waals surface area contributed by atoms with Gasteiger partial charge in [-0.25, -0.2) is 9.78 Å². The molecule has 0 aliphatic carbocycles. The van der Waals surface area contributed by atoms with Crippen molar-refractivity contribution in [2.45, 2.75) is 20.4 Å². The maximum Gasteiger partial charge on any atom is 0.339 e. The molecule has 0 aliphatic rings. The fraction of sp³-hybridized carbons (Fsp3) is 0.300. The molecular formula is C10H11N3O2S. The van der Waals surface area contributed by atoms with Crippen molar-refractivity contribution in [2.75, 3.05) is 0 Å². The third-order valence-corrected chi connectivity index (χ3v) is 3.13. The maximum absolute atomic E-state index is 11.0. The predicted octanol–water partition coefficient (Wildman–Crippen LogP) is 1.70. The summed E-state index contributed by atoms with van der Waals surface area (Å²) in [5, 5.41) is 16.0. The van der Waals surface area contributed by atoms with Crippen molar-refractivity contribution < 1.29 is 9.90 Å². The Morgan fingerprint density at radius 3 is 2.81 bits per heavy atom. The van der Waals surface area contributed by atoms with E-state index in [1.807, 2.05) is 5.38 Å². The highest BCUT2D eigenvalue weighted by Gasteiger charge is 2.17. The van der Waals surface area contributed by atoms with Crippen molar-refractivity contribution >= 4 is 17.3 Å². The van der Waals surface area contributed by atoms with Gasteiger partial charge in [-0.1, -0.05) is 0 Å². The van der Waals surface area contributed by atoms with E-state index >= 15 is 0 Å². The van der Waals surface area contributed by atoms with Gasteiger partial charge in [0.1, 0.15) is 10.6 Å². The Balaban J connectivity index is 2.36. The summed E-state index contributed by atoms with van der Waals surface area (Å²) in [7, 11) is 0. The number of carboxylic acids is 1. The van der Waals surface area contributed by atoms with Crippen molar-refractivity contribution in [3.8, 4) is 0 Å².